The van der Waals surface area contributed by atoms with Gasteiger partial charge in [0, 0.05) is 40.7 Å². The molecule has 5 amide bonds. The first-order valence-corrected chi connectivity index (χ1v) is 12.4. The molecule has 0 bridgehead atoms. The molecule has 2 aromatic carbocycles. The highest BCUT2D eigenvalue weighted by Crippen LogP contribution is 2.51. The van der Waals surface area contributed by atoms with Gasteiger partial charge in [-0.15, -0.1) is 0 Å². The summed E-state index contributed by atoms with van der Waals surface area (Å²) in [5.41, 5.74) is 2.86. The number of halogens is 1. The zero-order chi connectivity index (χ0) is 26.3. The molecule has 1 saturated heterocycles. The third-order valence-electron chi connectivity index (χ3n) is 7.04. The van der Waals surface area contributed by atoms with E-state index in [-0.39, 0.29) is 29.9 Å². The fourth-order valence-electron chi connectivity index (χ4n) is 4.78. The largest absolute Gasteiger partial charge is 0.351 e. The van der Waals surface area contributed by atoms with Crippen LogP contribution in [-0.4, -0.2) is 40.5 Å². The van der Waals surface area contributed by atoms with Crippen LogP contribution in [0.5, 0.6) is 0 Å². The van der Waals surface area contributed by atoms with Gasteiger partial charge >= 0.3 is 0 Å². The Bertz CT molecular complexity index is 1380. The van der Waals surface area contributed by atoms with E-state index in [9.17, 15) is 24.0 Å². The van der Waals surface area contributed by atoms with Crippen molar-refractivity contribution in [1.29, 1.82) is 0 Å². The van der Waals surface area contributed by atoms with Gasteiger partial charge in [-0.1, -0.05) is 29.8 Å². The molecule has 0 radical (unpaired) electrons. The molecule has 10 heteroatoms. The first-order valence-electron chi connectivity index (χ1n) is 12.0. The Labute approximate surface area is 218 Å². The zero-order valence-electron chi connectivity index (χ0n) is 20.1. The third-order valence-corrected chi connectivity index (χ3v) is 7.45. The second-order valence-corrected chi connectivity index (χ2v) is 10.1. The number of piperidine rings is 1. The highest BCUT2D eigenvalue weighted by molar-refractivity contribution is 6.31. The van der Waals surface area contributed by atoms with Crippen LogP contribution >= 0.6 is 11.6 Å². The highest BCUT2D eigenvalue weighted by atomic mass is 35.5. The molecule has 190 valence electrons. The zero-order valence-corrected chi connectivity index (χ0v) is 20.9. The lowest BCUT2D eigenvalue weighted by molar-refractivity contribution is -0.149. The number of nitrogens with one attached hydrogen (secondary N) is 3. The minimum atomic E-state index is -1.02. The van der Waals surface area contributed by atoms with Crippen molar-refractivity contribution >= 4 is 52.5 Å². The van der Waals surface area contributed by atoms with Gasteiger partial charge in [0.25, 0.3) is 11.8 Å². The van der Waals surface area contributed by atoms with Crippen molar-refractivity contribution in [2.45, 2.75) is 50.5 Å². The molecule has 2 aliphatic heterocycles. The molecule has 3 aliphatic rings. The van der Waals surface area contributed by atoms with E-state index in [1.165, 1.54) is 0 Å². The topological polar surface area (TPSA) is 125 Å². The van der Waals surface area contributed by atoms with Crippen LogP contribution in [0.3, 0.4) is 0 Å². The monoisotopic (exact) mass is 520 g/mol. The van der Waals surface area contributed by atoms with Gasteiger partial charge in [0.1, 0.15) is 11.7 Å². The number of imide groups is 2. The summed E-state index contributed by atoms with van der Waals surface area (Å²) in [6.07, 6.45) is 3.31. The predicted molar refractivity (Wildman–Crippen MR) is 137 cm³/mol. The van der Waals surface area contributed by atoms with Gasteiger partial charge < -0.3 is 10.6 Å². The molecule has 37 heavy (non-hydrogen) atoms. The Balaban J connectivity index is 1.26. The van der Waals surface area contributed by atoms with Crippen LogP contribution in [0, 0.1) is 6.92 Å². The maximum Gasteiger partial charge on any atom is 0.278 e. The second-order valence-electron chi connectivity index (χ2n) is 9.71. The Hall–Kier alpha value is -3.98. The van der Waals surface area contributed by atoms with Gasteiger partial charge in [0.05, 0.1) is 0 Å². The van der Waals surface area contributed by atoms with Crippen molar-refractivity contribution in [2.75, 3.05) is 10.6 Å². The number of nitrogens with zero attached hydrogens (tertiary/aromatic N) is 1. The Morgan fingerprint density at radius 1 is 1.11 bits per heavy atom. The molecule has 2 aromatic rings. The number of carbonyl (C=O) groups is 5. The SMILES string of the molecule is Cc1ccc(NC(=O)CC2(c3cccc(NC4=CC(=O)N(C5CCC(=O)NC5=O)C4=O)c3)CC2)cc1Cl. The van der Waals surface area contributed by atoms with E-state index in [0.29, 0.717) is 22.8 Å². The van der Waals surface area contributed by atoms with Crippen LogP contribution in [-0.2, 0) is 29.4 Å². The average Bonchev–Trinajstić information content (AvgIpc) is 3.57. The minimum absolute atomic E-state index is 0.0469. The van der Waals surface area contributed by atoms with E-state index in [0.717, 1.165) is 34.9 Å². The molecule has 9 nitrogen and oxygen atoms in total. The summed E-state index contributed by atoms with van der Waals surface area (Å²) >= 11 is 6.17. The van der Waals surface area contributed by atoms with E-state index in [1.807, 2.05) is 37.3 Å². The minimum Gasteiger partial charge on any atom is -0.351 e. The van der Waals surface area contributed by atoms with Crippen molar-refractivity contribution in [3.63, 3.8) is 0 Å². The van der Waals surface area contributed by atoms with Gasteiger partial charge in [-0.2, -0.15) is 0 Å². The molecule has 1 unspecified atom stereocenters. The number of benzene rings is 2. The smallest absolute Gasteiger partial charge is 0.278 e. The maximum atomic E-state index is 13.0. The van der Waals surface area contributed by atoms with Crippen molar-refractivity contribution in [2.24, 2.45) is 0 Å². The lowest BCUT2D eigenvalue weighted by Crippen LogP contribution is -2.54. The first kappa shape index (κ1) is 24.7. The van der Waals surface area contributed by atoms with E-state index in [1.54, 1.807) is 12.1 Å². The Kier molecular flexibility index (Phi) is 6.33. The highest BCUT2D eigenvalue weighted by Gasteiger charge is 2.46. The molecule has 2 heterocycles. The fraction of sp³-hybridized carbons (Fsp3) is 0.296. The van der Waals surface area contributed by atoms with Crippen LogP contribution < -0.4 is 16.0 Å². The van der Waals surface area contributed by atoms with Crippen molar-refractivity contribution < 1.29 is 24.0 Å². The molecule has 0 aromatic heterocycles. The van der Waals surface area contributed by atoms with Gasteiger partial charge in [0.2, 0.25) is 17.7 Å². The van der Waals surface area contributed by atoms with Crippen LogP contribution in [0.25, 0.3) is 0 Å². The summed E-state index contributed by atoms with van der Waals surface area (Å²) in [4.78, 5) is 62.8. The number of amides is 5. The lowest BCUT2D eigenvalue weighted by Gasteiger charge is -2.28. The van der Waals surface area contributed by atoms with E-state index < -0.39 is 29.7 Å². The standard InChI is InChI=1S/C27H25ClN4O5/c1-15-5-6-18(12-19(15)28)30-23(34)14-27(9-10-27)16-3-2-4-17(11-16)29-20-13-24(35)32(26(20)37)21-7-8-22(33)31-25(21)36/h2-6,11-13,21,29H,7-10,14H2,1H3,(H,30,34)(H,31,33,36). The number of carbonyl (C=O) groups excluding carboxylic acids is 5. The van der Waals surface area contributed by atoms with Crippen molar-refractivity contribution in [3.8, 4) is 0 Å². The number of hydrogen-bond donors (Lipinski definition) is 3. The summed E-state index contributed by atoms with van der Waals surface area (Å²) in [5.74, 6) is -2.42. The third kappa shape index (κ3) is 4.99. The number of aryl methyl sites for hydroxylation is 1. The molecular formula is C27H25ClN4O5. The van der Waals surface area contributed by atoms with Gasteiger partial charge in [0.15, 0.2) is 0 Å². The van der Waals surface area contributed by atoms with Crippen LogP contribution in [0.15, 0.2) is 54.2 Å². The molecule has 5 rings (SSSR count). The predicted octanol–water partition coefficient (Wildman–Crippen LogP) is 3.18. The summed E-state index contributed by atoms with van der Waals surface area (Å²) in [5, 5.41) is 8.66. The molecular weight excluding hydrogens is 496 g/mol. The fourth-order valence-corrected chi connectivity index (χ4v) is 4.96. The number of rotatable bonds is 7. The number of anilines is 2. The summed E-state index contributed by atoms with van der Waals surface area (Å²) in [6, 6.07) is 11.8. The quantitative estimate of drug-likeness (QED) is 0.482. The van der Waals surface area contributed by atoms with E-state index in [2.05, 4.69) is 16.0 Å². The molecule has 1 aliphatic carbocycles. The Morgan fingerprint density at radius 2 is 1.89 bits per heavy atom. The van der Waals surface area contributed by atoms with Crippen molar-refractivity contribution in [1.82, 2.24) is 10.2 Å². The van der Waals surface area contributed by atoms with E-state index in [4.69, 9.17) is 11.6 Å². The summed E-state index contributed by atoms with van der Waals surface area (Å²) in [6.45, 7) is 1.89. The normalized spacial score (nSPS) is 20.4. The van der Waals surface area contributed by atoms with Crippen LogP contribution in [0.1, 0.15) is 43.2 Å². The van der Waals surface area contributed by atoms with Crippen molar-refractivity contribution in [3.05, 3.63) is 70.4 Å². The van der Waals surface area contributed by atoms with Gasteiger partial charge in [-0.05, 0) is 61.6 Å². The maximum absolute atomic E-state index is 13.0. The Morgan fingerprint density at radius 3 is 2.59 bits per heavy atom. The molecule has 1 saturated carbocycles. The van der Waals surface area contributed by atoms with E-state index >= 15 is 0 Å². The van der Waals surface area contributed by atoms with Gasteiger partial charge in [-0.25, -0.2) is 0 Å². The molecule has 3 N–H and O–H groups in total. The van der Waals surface area contributed by atoms with Gasteiger partial charge in [-0.3, -0.25) is 34.2 Å². The summed E-state index contributed by atoms with van der Waals surface area (Å²) < 4.78 is 0. The van der Waals surface area contributed by atoms with Crippen LogP contribution in [0.2, 0.25) is 5.02 Å². The molecule has 2 fully saturated rings. The number of hydrogen-bond acceptors (Lipinski definition) is 6. The second kappa shape index (κ2) is 9.48. The summed E-state index contributed by atoms with van der Waals surface area (Å²) in [7, 11) is 0. The molecule has 1 atom stereocenters. The van der Waals surface area contributed by atoms with Crippen LogP contribution in [0.4, 0.5) is 11.4 Å². The lowest BCUT2D eigenvalue weighted by atomic mass is 9.91. The first-order chi connectivity index (χ1) is 17.6. The molecule has 0 spiro atoms. The average molecular weight is 521 g/mol.